The first-order valence-corrected chi connectivity index (χ1v) is 4.40. The van der Waals surface area contributed by atoms with Gasteiger partial charge in [0, 0.05) is 0 Å². The normalized spacial score (nSPS) is 11.2. The van der Waals surface area contributed by atoms with E-state index in [1.165, 1.54) is 6.07 Å². The molecular formula is C10H6ClF3O2. The van der Waals surface area contributed by atoms with Gasteiger partial charge in [-0.2, -0.15) is 13.2 Å². The number of alkyl halides is 3. The van der Waals surface area contributed by atoms with Crippen molar-refractivity contribution in [3.8, 4) is 0 Å². The Morgan fingerprint density at radius 3 is 2.38 bits per heavy atom. The summed E-state index contributed by atoms with van der Waals surface area (Å²) in [5, 5.41) is 8.11. The Bertz CT molecular complexity index is 452. The molecule has 0 fully saturated rings. The minimum atomic E-state index is -4.62. The Hall–Kier alpha value is -1.49. The predicted octanol–water partition coefficient (Wildman–Crippen LogP) is 3.46. The molecule has 0 unspecified atom stereocenters. The summed E-state index contributed by atoms with van der Waals surface area (Å²) in [5.41, 5.74) is -1.61. The van der Waals surface area contributed by atoms with Crippen LogP contribution in [0.5, 0.6) is 0 Å². The minimum Gasteiger partial charge on any atom is -0.478 e. The zero-order chi connectivity index (χ0) is 12.5. The van der Waals surface area contributed by atoms with Crippen molar-refractivity contribution in [1.29, 1.82) is 0 Å². The van der Waals surface area contributed by atoms with Crippen LogP contribution in [0, 0.1) is 0 Å². The molecule has 1 rings (SSSR count). The summed E-state index contributed by atoms with van der Waals surface area (Å²) < 4.78 is 37.3. The van der Waals surface area contributed by atoms with E-state index in [2.05, 4.69) is 6.58 Å². The fourth-order valence-electron chi connectivity index (χ4n) is 1.05. The summed E-state index contributed by atoms with van der Waals surface area (Å²) in [5.74, 6) is -1.38. The largest absolute Gasteiger partial charge is 0.478 e. The molecule has 0 heterocycles. The highest BCUT2D eigenvalue weighted by molar-refractivity contribution is 6.31. The Balaban J connectivity index is 3.28. The second kappa shape index (κ2) is 4.17. The van der Waals surface area contributed by atoms with Crippen LogP contribution in [0.15, 0.2) is 24.8 Å². The van der Waals surface area contributed by atoms with E-state index in [-0.39, 0.29) is 5.56 Å². The molecule has 2 nitrogen and oxygen atoms in total. The van der Waals surface area contributed by atoms with Crippen molar-refractivity contribution in [1.82, 2.24) is 0 Å². The minimum absolute atomic E-state index is 0.121. The highest BCUT2D eigenvalue weighted by atomic mass is 35.5. The molecule has 0 aromatic heterocycles. The molecule has 0 radical (unpaired) electrons. The van der Waals surface area contributed by atoms with Crippen LogP contribution < -0.4 is 0 Å². The lowest BCUT2D eigenvalue weighted by Gasteiger charge is -2.10. The number of hydrogen-bond acceptors (Lipinski definition) is 1. The fraction of sp³-hybridized carbons (Fsp3) is 0.100. The molecule has 0 aliphatic carbocycles. The summed E-state index contributed by atoms with van der Waals surface area (Å²) in [6.45, 7) is 3.17. The molecule has 0 saturated heterocycles. The van der Waals surface area contributed by atoms with Crippen molar-refractivity contribution in [2.24, 2.45) is 0 Å². The number of carboxylic acids is 1. The molecule has 0 atom stereocenters. The summed E-state index contributed by atoms with van der Waals surface area (Å²) >= 11 is 5.37. The van der Waals surface area contributed by atoms with Crippen molar-refractivity contribution in [2.75, 3.05) is 0 Å². The maximum Gasteiger partial charge on any atom is 0.417 e. The summed E-state index contributed by atoms with van der Waals surface area (Å²) in [6.07, 6.45) is -4.62. The van der Waals surface area contributed by atoms with Gasteiger partial charge in [-0.25, -0.2) is 4.79 Å². The zero-order valence-electron chi connectivity index (χ0n) is 7.81. The number of halogens is 4. The molecule has 16 heavy (non-hydrogen) atoms. The molecule has 0 amide bonds. The van der Waals surface area contributed by atoms with Gasteiger partial charge >= 0.3 is 12.1 Å². The Labute approximate surface area is 94.0 Å². The molecule has 6 heteroatoms. The molecule has 86 valence electrons. The molecule has 1 N–H and O–H groups in total. The number of carboxylic acid groups (broad SMARTS) is 1. The lowest BCUT2D eigenvalue weighted by molar-refractivity contribution is -0.137. The number of hydrogen-bond donors (Lipinski definition) is 1. The first kappa shape index (κ1) is 12.6. The van der Waals surface area contributed by atoms with Gasteiger partial charge < -0.3 is 5.11 Å². The topological polar surface area (TPSA) is 37.3 Å². The highest BCUT2D eigenvalue weighted by Gasteiger charge is 2.33. The molecule has 0 aliphatic rings. The third kappa shape index (κ3) is 2.55. The number of carbonyl (C=O) groups is 1. The summed E-state index contributed by atoms with van der Waals surface area (Å²) in [6, 6.07) is 2.83. The third-order valence-electron chi connectivity index (χ3n) is 1.88. The van der Waals surface area contributed by atoms with E-state index in [1.54, 1.807) is 0 Å². The van der Waals surface area contributed by atoms with Crippen LogP contribution in [0.3, 0.4) is 0 Å². The van der Waals surface area contributed by atoms with Gasteiger partial charge in [-0.3, -0.25) is 0 Å². The number of aliphatic carboxylic acids is 1. The van der Waals surface area contributed by atoms with Crippen LogP contribution in [0.4, 0.5) is 13.2 Å². The van der Waals surface area contributed by atoms with Crippen LogP contribution in [-0.4, -0.2) is 11.1 Å². The molecule has 1 aromatic carbocycles. The molecule has 0 spiro atoms. The Morgan fingerprint density at radius 2 is 1.94 bits per heavy atom. The standard InChI is InChI=1S/C10H6ClF3O2/c1-5(9(15)16)6-2-3-8(11)7(4-6)10(12,13)14/h2-4H,1H2,(H,15,16). The van der Waals surface area contributed by atoms with E-state index in [0.717, 1.165) is 6.07 Å². The van der Waals surface area contributed by atoms with Gasteiger partial charge in [0.25, 0.3) is 0 Å². The maximum atomic E-state index is 12.4. The van der Waals surface area contributed by atoms with Crippen LogP contribution in [0.2, 0.25) is 5.02 Å². The first-order valence-electron chi connectivity index (χ1n) is 4.03. The summed E-state index contributed by atoms with van der Waals surface area (Å²) in [7, 11) is 0. The van der Waals surface area contributed by atoms with E-state index in [4.69, 9.17) is 16.7 Å². The van der Waals surface area contributed by atoms with E-state index >= 15 is 0 Å². The SMILES string of the molecule is C=C(C(=O)O)c1ccc(Cl)c(C(F)(F)F)c1. The molecule has 0 saturated carbocycles. The number of benzene rings is 1. The van der Waals surface area contributed by atoms with Gasteiger partial charge in [-0.1, -0.05) is 24.2 Å². The van der Waals surface area contributed by atoms with Gasteiger partial charge in [0.2, 0.25) is 0 Å². The molecule has 1 aromatic rings. The average Bonchev–Trinajstić information content (AvgIpc) is 2.15. The fourth-order valence-corrected chi connectivity index (χ4v) is 1.28. The second-order valence-electron chi connectivity index (χ2n) is 2.98. The Morgan fingerprint density at radius 1 is 1.38 bits per heavy atom. The Kier molecular flexibility index (Phi) is 3.28. The van der Waals surface area contributed by atoms with Gasteiger partial charge in [0.15, 0.2) is 0 Å². The number of rotatable bonds is 2. The lowest BCUT2D eigenvalue weighted by Crippen LogP contribution is -2.07. The second-order valence-corrected chi connectivity index (χ2v) is 3.38. The maximum absolute atomic E-state index is 12.4. The highest BCUT2D eigenvalue weighted by Crippen LogP contribution is 2.36. The zero-order valence-corrected chi connectivity index (χ0v) is 8.56. The van der Waals surface area contributed by atoms with Crippen molar-refractivity contribution >= 4 is 23.1 Å². The quantitative estimate of drug-likeness (QED) is 0.816. The lowest BCUT2D eigenvalue weighted by atomic mass is 10.0. The van der Waals surface area contributed by atoms with E-state index in [1.807, 2.05) is 0 Å². The smallest absolute Gasteiger partial charge is 0.417 e. The van der Waals surface area contributed by atoms with Crippen molar-refractivity contribution < 1.29 is 23.1 Å². The van der Waals surface area contributed by atoms with Crippen molar-refractivity contribution in [3.05, 3.63) is 40.9 Å². The van der Waals surface area contributed by atoms with Crippen LogP contribution in [0.25, 0.3) is 5.57 Å². The average molecular weight is 251 g/mol. The van der Waals surface area contributed by atoms with Crippen molar-refractivity contribution in [3.63, 3.8) is 0 Å². The van der Waals surface area contributed by atoms with Crippen molar-refractivity contribution in [2.45, 2.75) is 6.18 Å². The monoisotopic (exact) mass is 250 g/mol. The van der Waals surface area contributed by atoms with Gasteiger partial charge in [-0.15, -0.1) is 0 Å². The third-order valence-corrected chi connectivity index (χ3v) is 2.21. The summed E-state index contributed by atoms with van der Waals surface area (Å²) in [4.78, 5) is 10.5. The molecule has 0 aliphatic heterocycles. The predicted molar refractivity (Wildman–Crippen MR) is 53.1 cm³/mol. The molecule has 0 bridgehead atoms. The first-order chi connectivity index (χ1) is 7.23. The van der Waals surface area contributed by atoms with E-state index < -0.39 is 28.3 Å². The van der Waals surface area contributed by atoms with Crippen LogP contribution in [-0.2, 0) is 11.0 Å². The van der Waals surface area contributed by atoms with Gasteiger partial charge in [0.05, 0.1) is 16.2 Å². The van der Waals surface area contributed by atoms with Gasteiger partial charge in [-0.05, 0) is 17.7 Å². The van der Waals surface area contributed by atoms with Crippen LogP contribution in [0.1, 0.15) is 11.1 Å². The van der Waals surface area contributed by atoms with Crippen LogP contribution >= 0.6 is 11.6 Å². The van der Waals surface area contributed by atoms with E-state index in [9.17, 15) is 18.0 Å². The van der Waals surface area contributed by atoms with E-state index in [0.29, 0.717) is 6.07 Å². The molecular weight excluding hydrogens is 245 g/mol. The van der Waals surface area contributed by atoms with Gasteiger partial charge in [0.1, 0.15) is 0 Å².